The molecule has 0 fully saturated rings. The first-order valence-electron chi connectivity index (χ1n) is 6.10. The number of carboxylic acids is 1. The molecule has 0 saturated heterocycles. The predicted octanol–water partition coefficient (Wildman–Crippen LogP) is 1.21. The van der Waals surface area contributed by atoms with Crippen LogP contribution in [0, 0.1) is 0 Å². The molecule has 1 atom stereocenters. The Morgan fingerprint density at radius 1 is 1.39 bits per heavy atom. The first-order valence-corrected chi connectivity index (χ1v) is 6.10. The number of hydrogen-bond donors (Lipinski definition) is 2. The Labute approximate surface area is 106 Å². The van der Waals surface area contributed by atoms with Crippen molar-refractivity contribution in [1.82, 2.24) is 15.1 Å². The van der Waals surface area contributed by atoms with Crippen LogP contribution in [0.1, 0.15) is 38.6 Å². The summed E-state index contributed by atoms with van der Waals surface area (Å²) < 4.78 is 1.60. The molecule has 0 bridgehead atoms. The van der Waals surface area contributed by atoms with Crippen molar-refractivity contribution in [2.45, 2.75) is 38.6 Å². The van der Waals surface area contributed by atoms with Crippen LogP contribution in [0.4, 0.5) is 0 Å². The van der Waals surface area contributed by atoms with Gasteiger partial charge in [-0.1, -0.05) is 6.42 Å². The van der Waals surface area contributed by atoms with Crippen molar-refractivity contribution in [3.63, 3.8) is 0 Å². The van der Waals surface area contributed by atoms with E-state index in [9.17, 15) is 9.59 Å². The molecule has 0 aliphatic rings. The van der Waals surface area contributed by atoms with E-state index >= 15 is 0 Å². The Kier molecular flexibility index (Phi) is 5.90. The second-order valence-electron chi connectivity index (χ2n) is 4.16. The van der Waals surface area contributed by atoms with E-state index in [-0.39, 0.29) is 18.4 Å². The van der Waals surface area contributed by atoms with Gasteiger partial charge in [0, 0.05) is 25.4 Å². The quantitative estimate of drug-likeness (QED) is 0.682. The number of aliphatic carboxylic acids is 1. The fourth-order valence-electron chi connectivity index (χ4n) is 1.57. The molecule has 6 heteroatoms. The van der Waals surface area contributed by atoms with E-state index in [1.165, 1.54) is 0 Å². The molecular weight excluding hydrogens is 234 g/mol. The lowest BCUT2D eigenvalue weighted by molar-refractivity contribution is -0.137. The van der Waals surface area contributed by atoms with Crippen LogP contribution in [0.3, 0.4) is 0 Å². The van der Waals surface area contributed by atoms with Crippen LogP contribution in [-0.2, 0) is 9.59 Å². The second kappa shape index (κ2) is 7.47. The highest BCUT2D eigenvalue weighted by Gasteiger charge is 2.13. The van der Waals surface area contributed by atoms with Gasteiger partial charge in [-0.3, -0.25) is 14.3 Å². The maximum absolute atomic E-state index is 11.7. The zero-order valence-corrected chi connectivity index (χ0v) is 10.5. The molecule has 1 aromatic heterocycles. The highest BCUT2D eigenvalue weighted by atomic mass is 16.4. The van der Waals surface area contributed by atoms with Crippen molar-refractivity contribution in [3.8, 4) is 0 Å². The molecule has 1 aromatic rings. The van der Waals surface area contributed by atoms with Crippen molar-refractivity contribution in [2.24, 2.45) is 0 Å². The van der Waals surface area contributed by atoms with Gasteiger partial charge in [0.25, 0.3) is 0 Å². The minimum Gasteiger partial charge on any atom is -0.481 e. The molecule has 0 aromatic carbocycles. The lowest BCUT2D eigenvalue weighted by Gasteiger charge is -2.12. The zero-order chi connectivity index (χ0) is 13.4. The summed E-state index contributed by atoms with van der Waals surface area (Å²) in [4.78, 5) is 22.0. The summed E-state index contributed by atoms with van der Waals surface area (Å²) in [6.45, 7) is 2.36. The van der Waals surface area contributed by atoms with Crippen LogP contribution < -0.4 is 5.32 Å². The summed E-state index contributed by atoms with van der Waals surface area (Å²) in [5, 5.41) is 15.3. The van der Waals surface area contributed by atoms with Crippen LogP contribution >= 0.6 is 0 Å². The Bertz CT molecular complexity index is 376. The summed E-state index contributed by atoms with van der Waals surface area (Å²) in [7, 11) is 0. The summed E-state index contributed by atoms with van der Waals surface area (Å²) in [5.41, 5.74) is 0. The minimum atomic E-state index is -0.772. The van der Waals surface area contributed by atoms with E-state index in [4.69, 9.17) is 5.11 Å². The number of carboxylic acid groups (broad SMARTS) is 1. The average molecular weight is 253 g/mol. The molecule has 1 unspecified atom stereocenters. The van der Waals surface area contributed by atoms with Crippen molar-refractivity contribution >= 4 is 11.9 Å². The third kappa shape index (κ3) is 4.99. The Morgan fingerprint density at radius 2 is 2.17 bits per heavy atom. The largest absolute Gasteiger partial charge is 0.481 e. The number of aromatic nitrogens is 2. The molecule has 1 amide bonds. The lowest BCUT2D eigenvalue weighted by atomic mass is 10.2. The Hall–Kier alpha value is -1.85. The van der Waals surface area contributed by atoms with Crippen LogP contribution in [0.5, 0.6) is 0 Å². The minimum absolute atomic E-state index is 0.0723. The van der Waals surface area contributed by atoms with Gasteiger partial charge in [0.1, 0.15) is 6.04 Å². The van der Waals surface area contributed by atoms with E-state index in [0.29, 0.717) is 13.0 Å². The number of carbonyl (C=O) groups is 2. The SMILES string of the molecule is CC(C(=O)NCCCCCC(=O)O)n1cccn1. The number of rotatable bonds is 8. The van der Waals surface area contributed by atoms with Crippen LogP contribution in [0.2, 0.25) is 0 Å². The second-order valence-corrected chi connectivity index (χ2v) is 4.16. The molecule has 1 heterocycles. The van der Waals surface area contributed by atoms with Gasteiger partial charge < -0.3 is 10.4 Å². The smallest absolute Gasteiger partial charge is 0.303 e. The first-order chi connectivity index (χ1) is 8.61. The first kappa shape index (κ1) is 14.2. The lowest BCUT2D eigenvalue weighted by Crippen LogP contribution is -2.31. The van der Waals surface area contributed by atoms with Crippen molar-refractivity contribution in [1.29, 1.82) is 0 Å². The molecular formula is C12H19N3O3. The van der Waals surface area contributed by atoms with Gasteiger partial charge >= 0.3 is 5.97 Å². The van der Waals surface area contributed by atoms with Gasteiger partial charge in [-0.05, 0) is 25.8 Å². The molecule has 0 aliphatic heterocycles. The highest BCUT2D eigenvalue weighted by molar-refractivity contribution is 5.79. The zero-order valence-electron chi connectivity index (χ0n) is 10.5. The number of hydrogen-bond acceptors (Lipinski definition) is 3. The maximum atomic E-state index is 11.7. The molecule has 2 N–H and O–H groups in total. The van der Waals surface area contributed by atoms with Gasteiger partial charge in [0.05, 0.1) is 0 Å². The van der Waals surface area contributed by atoms with Crippen LogP contribution in [0.15, 0.2) is 18.5 Å². The number of nitrogens with one attached hydrogen (secondary N) is 1. The third-order valence-electron chi connectivity index (χ3n) is 2.67. The summed E-state index contributed by atoms with van der Waals surface area (Å²) >= 11 is 0. The molecule has 0 radical (unpaired) electrons. The Morgan fingerprint density at radius 3 is 2.78 bits per heavy atom. The molecule has 0 spiro atoms. The number of unbranched alkanes of at least 4 members (excludes halogenated alkanes) is 2. The normalized spacial score (nSPS) is 12.1. The van der Waals surface area contributed by atoms with E-state index in [2.05, 4.69) is 10.4 Å². The molecule has 0 aliphatic carbocycles. The van der Waals surface area contributed by atoms with Crippen molar-refractivity contribution < 1.29 is 14.7 Å². The molecule has 1 rings (SSSR count). The van der Waals surface area contributed by atoms with Crippen molar-refractivity contribution in [3.05, 3.63) is 18.5 Å². The fourth-order valence-corrected chi connectivity index (χ4v) is 1.57. The number of carbonyl (C=O) groups excluding carboxylic acids is 1. The molecule has 100 valence electrons. The van der Waals surface area contributed by atoms with Crippen molar-refractivity contribution in [2.75, 3.05) is 6.54 Å². The average Bonchev–Trinajstić information content (AvgIpc) is 2.85. The third-order valence-corrected chi connectivity index (χ3v) is 2.67. The van der Waals surface area contributed by atoms with E-state index in [1.54, 1.807) is 30.1 Å². The van der Waals surface area contributed by atoms with Gasteiger partial charge in [0.15, 0.2) is 0 Å². The monoisotopic (exact) mass is 253 g/mol. The van der Waals surface area contributed by atoms with E-state index in [0.717, 1.165) is 12.8 Å². The van der Waals surface area contributed by atoms with Crippen LogP contribution in [0.25, 0.3) is 0 Å². The summed E-state index contributed by atoms with van der Waals surface area (Å²) in [6.07, 6.45) is 5.83. The van der Waals surface area contributed by atoms with E-state index < -0.39 is 5.97 Å². The molecule has 6 nitrogen and oxygen atoms in total. The fraction of sp³-hybridized carbons (Fsp3) is 0.583. The maximum Gasteiger partial charge on any atom is 0.303 e. The summed E-state index contributed by atoms with van der Waals surface area (Å²) in [5.74, 6) is -0.844. The Balaban J connectivity index is 2.12. The molecule has 18 heavy (non-hydrogen) atoms. The number of nitrogens with zero attached hydrogens (tertiary/aromatic N) is 2. The van der Waals surface area contributed by atoms with Gasteiger partial charge in [-0.25, -0.2) is 0 Å². The topological polar surface area (TPSA) is 84.2 Å². The van der Waals surface area contributed by atoms with Gasteiger partial charge in [0.2, 0.25) is 5.91 Å². The summed E-state index contributed by atoms with van der Waals surface area (Å²) in [6, 6.07) is 1.45. The number of amides is 1. The van der Waals surface area contributed by atoms with Crippen LogP contribution in [-0.4, -0.2) is 33.3 Å². The van der Waals surface area contributed by atoms with E-state index in [1.807, 2.05) is 0 Å². The standard InChI is InChI=1S/C12H19N3O3/c1-10(15-9-5-8-14-15)12(18)13-7-4-2-3-6-11(16)17/h5,8-10H,2-4,6-7H2,1H3,(H,13,18)(H,16,17). The van der Waals surface area contributed by atoms with Gasteiger partial charge in [-0.2, -0.15) is 5.10 Å². The highest BCUT2D eigenvalue weighted by Crippen LogP contribution is 2.03. The molecule has 0 saturated carbocycles. The predicted molar refractivity (Wildman–Crippen MR) is 66.1 cm³/mol. The van der Waals surface area contributed by atoms with Gasteiger partial charge in [-0.15, -0.1) is 0 Å².